The highest BCUT2D eigenvalue weighted by molar-refractivity contribution is 6.05. The monoisotopic (exact) mass is 469 g/mol. The van der Waals surface area contributed by atoms with Crippen molar-refractivity contribution in [1.82, 2.24) is 15.5 Å². The second-order valence-electron chi connectivity index (χ2n) is 10.1. The highest BCUT2D eigenvalue weighted by Gasteiger charge is 2.39. The number of ether oxygens (including phenoxy) is 2. The van der Waals surface area contributed by atoms with E-state index in [0.29, 0.717) is 30.5 Å². The third-order valence-corrected chi connectivity index (χ3v) is 7.74. The SMILES string of the molecule is O=C1CCC(N2Cc3cc(OC4CCCCCC4NCC4CCOCC4)ccc3C2=O)C(=O)N1. The van der Waals surface area contributed by atoms with Gasteiger partial charge in [0.2, 0.25) is 11.8 Å². The van der Waals surface area contributed by atoms with Crippen molar-refractivity contribution in [3.8, 4) is 5.75 Å². The zero-order chi connectivity index (χ0) is 23.5. The fourth-order valence-electron chi connectivity index (χ4n) is 5.72. The van der Waals surface area contributed by atoms with Crippen LogP contribution in [0.25, 0.3) is 0 Å². The topological polar surface area (TPSA) is 97.0 Å². The van der Waals surface area contributed by atoms with E-state index in [1.165, 1.54) is 12.8 Å². The van der Waals surface area contributed by atoms with Gasteiger partial charge in [0.25, 0.3) is 5.91 Å². The largest absolute Gasteiger partial charge is 0.489 e. The Morgan fingerprint density at radius 3 is 2.68 bits per heavy atom. The van der Waals surface area contributed by atoms with Crippen LogP contribution in [0.1, 0.15) is 73.7 Å². The molecule has 3 heterocycles. The highest BCUT2D eigenvalue weighted by atomic mass is 16.5. The molecule has 184 valence electrons. The highest BCUT2D eigenvalue weighted by Crippen LogP contribution is 2.32. The molecule has 8 heteroatoms. The molecule has 1 aromatic rings. The van der Waals surface area contributed by atoms with E-state index >= 15 is 0 Å². The number of carbonyl (C=O) groups is 3. The van der Waals surface area contributed by atoms with E-state index in [2.05, 4.69) is 10.6 Å². The van der Waals surface area contributed by atoms with E-state index in [1.807, 2.05) is 18.2 Å². The van der Waals surface area contributed by atoms with Gasteiger partial charge < -0.3 is 19.7 Å². The van der Waals surface area contributed by atoms with Crippen molar-refractivity contribution < 1.29 is 23.9 Å². The van der Waals surface area contributed by atoms with Gasteiger partial charge in [-0.2, -0.15) is 0 Å². The van der Waals surface area contributed by atoms with Gasteiger partial charge in [-0.15, -0.1) is 0 Å². The van der Waals surface area contributed by atoms with E-state index in [4.69, 9.17) is 9.47 Å². The van der Waals surface area contributed by atoms with Gasteiger partial charge in [-0.05, 0) is 74.8 Å². The average Bonchev–Trinajstić information content (AvgIpc) is 3.00. The van der Waals surface area contributed by atoms with Gasteiger partial charge >= 0.3 is 0 Å². The molecule has 5 rings (SSSR count). The number of nitrogens with zero attached hydrogens (tertiary/aromatic N) is 1. The van der Waals surface area contributed by atoms with Crippen LogP contribution in [0.5, 0.6) is 5.75 Å². The molecule has 1 aromatic carbocycles. The zero-order valence-corrected chi connectivity index (χ0v) is 19.7. The van der Waals surface area contributed by atoms with Crippen LogP contribution in [0.15, 0.2) is 18.2 Å². The standard InChI is InChI=1S/C26H35N3O5/c30-24-9-8-22(25(31)28-24)29-16-18-14-19(6-7-20(18)26(29)32)34-23-5-3-1-2-4-21(23)27-15-17-10-12-33-13-11-17/h6-7,14,17,21-23,27H,1-5,8-13,15-16H2,(H,28,30,31). The van der Waals surface area contributed by atoms with Crippen molar-refractivity contribution >= 4 is 17.7 Å². The molecule has 0 aromatic heterocycles. The van der Waals surface area contributed by atoms with Crippen molar-refractivity contribution in [3.63, 3.8) is 0 Å². The number of piperidine rings is 1. The Kier molecular flexibility index (Phi) is 7.15. The van der Waals surface area contributed by atoms with Gasteiger partial charge in [0.05, 0.1) is 0 Å². The van der Waals surface area contributed by atoms with E-state index in [0.717, 1.165) is 63.2 Å². The Bertz CT molecular complexity index is 929. The number of amides is 3. The first-order valence-corrected chi connectivity index (χ1v) is 12.8. The first-order chi connectivity index (χ1) is 16.6. The molecule has 2 saturated heterocycles. The summed E-state index contributed by atoms with van der Waals surface area (Å²) in [6, 6.07) is 5.38. The Balaban J connectivity index is 1.24. The lowest BCUT2D eigenvalue weighted by Gasteiger charge is -2.30. The van der Waals surface area contributed by atoms with Crippen LogP contribution >= 0.6 is 0 Å². The Morgan fingerprint density at radius 1 is 1.03 bits per heavy atom. The number of nitrogens with one attached hydrogen (secondary N) is 2. The van der Waals surface area contributed by atoms with Crippen molar-refractivity contribution in [3.05, 3.63) is 29.3 Å². The van der Waals surface area contributed by atoms with Gasteiger partial charge in [0.1, 0.15) is 17.9 Å². The molecule has 2 N–H and O–H groups in total. The lowest BCUT2D eigenvalue weighted by molar-refractivity contribution is -0.136. The third kappa shape index (κ3) is 5.13. The Hall–Kier alpha value is -2.45. The summed E-state index contributed by atoms with van der Waals surface area (Å²) >= 11 is 0. The van der Waals surface area contributed by atoms with Crippen molar-refractivity contribution in [1.29, 1.82) is 0 Å². The molecule has 0 bridgehead atoms. The predicted octanol–water partition coefficient (Wildman–Crippen LogP) is 2.54. The molecule has 3 aliphatic heterocycles. The van der Waals surface area contributed by atoms with Gasteiger partial charge in [0, 0.05) is 37.8 Å². The summed E-state index contributed by atoms with van der Waals surface area (Å²) in [6.45, 7) is 3.10. The number of benzene rings is 1. The second kappa shape index (κ2) is 10.4. The average molecular weight is 470 g/mol. The van der Waals surface area contributed by atoms with Crippen LogP contribution in [0, 0.1) is 5.92 Å². The van der Waals surface area contributed by atoms with Crippen molar-refractivity contribution in [2.24, 2.45) is 5.92 Å². The van der Waals surface area contributed by atoms with Gasteiger partial charge in [-0.1, -0.05) is 12.8 Å². The van der Waals surface area contributed by atoms with Crippen LogP contribution in [0.3, 0.4) is 0 Å². The molecular weight excluding hydrogens is 434 g/mol. The quantitative estimate of drug-likeness (QED) is 0.491. The smallest absolute Gasteiger partial charge is 0.255 e. The molecule has 0 radical (unpaired) electrons. The molecule has 1 aliphatic carbocycles. The first-order valence-electron chi connectivity index (χ1n) is 12.8. The molecule has 4 aliphatic rings. The summed E-state index contributed by atoms with van der Waals surface area (Å²) in [7, 11) is 0. The lowest BCUT2D eigenvalue weighted by atomic mass is 9.98. The predicted molar refractivity (Wildman–Crippen MR) is 125 cm³/mol. The Morgan fingerprint density at radius 2 is 1.85 bits per heavy atom. The van der Waals surface area contributed by atoms with E-state index in [-0.39, 0.29) is 30.2 Å². The molecule has 1 saturated carbocycles. The van der Waals surface area contributed by atoms with E-state index < -0.39 is 6.04 Å². The van der Waals surface area contributed by atoms with Crippen LogP contribution in [-0.4, -0.2) is 60.6 Å². The summed E-state index contributed by atoms with van der Waals surface area (Å²) in [4.78, 5) is 38.3. The normalized spacial score (nSPS) is 28.4. The summed E-state index contributed by atoms with van der Waals surface area (Å²) in [5, 5.41) is 6.16. The molecular formula is C26H35N3O5. The number of hydrogen-bond acceptors (Lipinski definition) is 6. The lowest BCUT2D eigenvalue weighted by Crippen LogP contribution is -2.52. The molecule has 8 nitrogen and oxygen atoms in total. The number of carbonyl (C=O) groups excluding carboxylic acids is 3. The fourth-order valence-corrected chi connectivity index (χ4v) is 5.72. The van der Waals surface area contributed by atoms with Crippen LogP contribution in [-0.2, 0) is 20.9 Å². The molecule has 0 spiro atoms. The van der Waals surface area contributed by atoms with Crippen LogP contribution in [0.2, 0.25) is 0 Å². The number of rotatable bonds is 6. The maximum absolute atomic E-state index is 13.0. The molecule has 3 fully saturated rings. The summed E-state index contributed by atoms with van der Waals surface area (Å²) < 4.78 is 12.0. The molecule has 34 heavy (non-hydrogen) atoms. The minimum Gasteiger partial charge on any atom is -0.489 e. The molecule has 3 amide bonds. The minimum absolute atomic E-state index is 0.101. The second-order valence-corrected chi connectivity index (χ2v) is 10.1. The van der Waals surface area contributed by atoms with Crippen LogP contribution in [0.4, 0.5) is 0 Å². The van der Waals surface area contributed by atoms with Crippen molar-refractivity contribution in [2.45, 2.75) is 82.5 Å². The number of fused-ring (bicyclic) bond motifs is 1. The summed E-state index contributed by atoms with van der Waals surface area (Å²) in [5.41, 5.74) is 1.50. The number of imide groups is 1. The molecule has 3 atom stereocenters. The van der Waals surface area contributed by atoms with Gasteiger partial charge in [-0.25, -0.2) is 0 Å². The number of hydrogen-bond donors (Lipinski definition) is 2. The first kappa shape index (κ1) is 23.3. The third-order valence-electron chi connectivity index (χ3n) is 7.74. The van der Waals surface area contributed by atoms with E-state index in [1.54, 1.807) is 4.90 Å². The maximum atomic E-state index is 13.0. The van der Waals surface area contributed by atoms with Crippen LogP contribution < -0.4 is 15.4 Å². The molecule has 3 unspecified atom stereocenters. The zero-order valence-electron chi connectivity index (χ0n) is 19.7. The Labute approximate surface area is 200 Å². The van der Waals surface area contributed by atoms with Gasteiger partial charge in [-0.3, -0.25) is 19.7 Å². The maximum Gasteiger partial charge on any atom is 0.255 e. The van der Waals surface area contributed by atoms with Gasteiger partial charge in [0.15, 0.2) is 0 Å². The fraction of sp³-hybridized carbons (Fsp3) is 0.654. The van der Waals surface area contributed by atoms with Crippen molar-refractivity contribution in [2.75, 3.05) is 19.8 Å². The summed E-state index contributed by atoms with van der Waals surface area (Å²) in [5.74, 6) is 0.639. The van der Waals surface area contributed by atoms with E-state index in [9.17, 15) is 14.4 Å². The summed E-state index contributed by atoms with van der Waals surface area (Å²) in [6.07, 6.45) is 8.70. The minimum atomic E-state index is -0.595.